The van der Waals surface area contributed by atoms with E-state index < -0.39 is 0 Å². The summed E-state index contributed by atoms with van der Waals surface area (Å²) in [4.78, 5) is 0. The van der Waals surface area contributed by atoms with Gasteiger partial charge >= 0.3 is 0 Å². The van der Waals surface area contributed by atoms with Gasteiger partial charge in [0.15, 0.2) is 0 Å². The van der Waals surface area contributed by atoms with Crippen LogP contribution in [0.25, 0.3) is 0 Å². The molecule has 3 fully saturated rings. The second-order valence-corrected chi connectivity index (χ2v) is 5.04. The number of nitrogens with one attached hydrogen (secondary N) is 1. The molecule has 2 N–H and O–H groups in total. The van der Waals surface area contributed by atoms with Crippen molar-refractivity contribution in [1.82, 2.24) is 5.32 Å². The van der Waals surface area contributed by atoms with E-state index in [1.165, 1.54) is 6.42 Å². The maximum absolute atomic E-state index is 9.64. The van der Waals surface area contributed by atoms with E-state index >= 15 is 0 Å². The number of ether oxygens (including phenoxy) is 1. The van der Waals surface area contributed by atoms with Crippen molar-refractivity contribution >= 4 is 0 Å². The maximum atomic E-state index is 9.64. The van der Waals surface area contributed by atoms with E-state index in [4.69, 9.17) is 4.74 Å². The molecule has 2 saturated carbocycles. The maximum Gasteiger partial charge on any atom is 0.0693 e. The Kier molecular flexibility index (Phi) is 2.26. The molecule has 3 nitrogen and oxygen atoms in total. The summed E-state index contributed by atoms with van der Waals surface area (Å²) in [5, 5.41) is 13.2. The van der Waals surface area contributed by atoms with Crippen LogP contribution in [0, 0.1) is 17.8 Å². The molecule has 1 saturated heterocycles. The van der Waals surface area contributed by atoms with Crippen LogP contribution in [0.4, 0.5) is 0 Å². The standard InChI is InChI=1S/C11H19NO2/c13-11-3-1-2-10(11)12-4-7-8-5-14-6-9(7)8/h7-13H,1-6H2/t7?,8?,9?,10-,11-/m0/s1. The van der Waals surface area contributed by atoms with Gasteiger partial charge in [0.25, 0.3) is 0 Å². The predicted molar refractivity (Wildman–Crippen MR) is 52.9 cm³/mol. The van der Waals surface area contributed by atoms with Crippen molar-refractivity contribution in [3.63, 3.8) is 0 Å². The Morgan fingerprint density at radius 3 is 2.64 bits per heavy atom. The third-order valence-corrected chi connectivity index (χ3v) is 4.22. The first-order valence-corrected chi connectivity index (χ1v) is 5.85. The van der Waals surface area contributed by atoms with Gasteiger partial charge < -0.3 is 15.2 Å². The van der Waals surface area contributed by atoms with Crippen LogP contribution in [0.5, 0.6) is 0 Å². The smallest absolute Gasteiger partial charge is 0.0693 e. The van der Waals surface area contributed by atoms with E-state index in [-0.39, 0.29) is 6.10 Å². The Hall–Kier alpha value is -0.120. The van der Waals surface area contributed by atoms with Gasteiger partial charge in [0.1, 0.15) is 0 Å². The Morgan fingerprint density at radius 2 is 2.00 bits per heavy atom. The first-order valence-electron chi connectivity index (χ1n) is 5.85. The van der Waals surface area contributed by atoms with Crippen molar-refractivity contribution in [1.29, 1.82) is 0 Å². The number of aliphatic hydroxyl groups excluding tert-OH is 1. The van der Waals surface area contributed by atoms with Crippen LogP contribution in [0.1, 0.15) is 19.3 Å². The molecule has 2 aliphatic carbocycles. The van der Waals surface area contributed by atoms with E-state index in [1.54, 1.807) is 0 Å². The summed E-state index contributed by atoms with van der Waals surface area (Å²) < 4.78 is 5.35. The Morgan fingerprint density at radius 1 is 1.21 bits per heavy atom. The molecule has 0 spiro atoms. The van der Waals surface area contributed by atoms with Gasteiger partial charge in [0.2, 0.25) is 0 Å². The van der Waals surface area contributed by atoms with Crippen LogP contribution < -0.4 is 5.32 Å². The quantitative estimate of drug-likeness (QED) is 0.687. The van der Waals surface area contributed by atoms with Gasteiger partial charge in [-0.25, -0.2) is 0 Å². The Labute approximate surface area is 84.8 Å². The lowest BCUT2D eigenvalue weighted by Crippen LogP contribution is -2.37. The SMILES string of the molecule is O[C@H]1CCC[C@@H]1NCC1C2COCC12. The zero-order valence-electron chi connectivity index (χ0n) is 8.48. The molecule has 3 heteroatoms. The molecule has 1 aliphatic heterocycles. The van der Waals surface area contributed by atoms with Gasteiger partial charge in [-0.1, -0.05) is 0 Å². The summed E-state index contributed by atoms with van der Waals surface area (Å²) in [6.45, 7) is 3.05. The lowest BCUT2D eigenvalue weighted by molar-refractivity contribution is 0.136. The van der Waals surface area contributed by atoms with Gasteiger partial charge in [-0.15, -0.1) is 0 Å². The molecule has 0 aromatic heterocycles. The molecule has 3 aliphatic rings. The molecule has 0 radical (unpaired) electrons. The number of hydrogen-bond donors (Lipinski definition) is 2. The highest BCUT2D eigenvalue weighted by Crippen LogP contribution is 2.50. The summed E-state index contributed by atoms with van der Waals surface area (Å²) in [7, 11) is 0. The van der Waals surface area contributed by atoms with Gasteiger partial charge in [-0.2, -0.15) is 0 Å². The Bertz CT molecular complexity index is 211. The minimum atomic E-state index is -0.0927. The third kappa shape index (κ3) is 1.47. The molecule has 1 heterocycles. The highest BCUT2D eigenvalue weighted by Gasteiger charge is 2.53. The molecule has 0 bridgehead atoms. The van der Waals surface area contributed by atoms with Crippen LogP contribution in [0.15, 0.2) is 0 Å². The van der Waals surface area contributed by atoms with Crippen molar-refractivity contribution in [3.8, 4) is 0 Å². The monoisotopic (exact) mass is 197 g/mol. The van der Waals surface area contributed by atoms with Gasteiger partial charge in [-0.3, -0.25) is 0 Å². The minimum absolute atomic E-state index is 0.0927. The van der Waals surface area contributed by atoms with Crippen LogP contribution in [-0.4, -0.2) is 37.0 Å². The first-order chi connectivity index (χ1) is 6.86. The fraction of sp³-hybridized carbons (Fsp3) is 1.00. The van der Waals surface area contributed by atoms with Crippen LogP contribution in [0.2, 0.25) is 0 Å². The summed E-state index contributed by atoms with van der Waals surface area (Å²) in [5.41, 5.74) is 0. The van der Waals surface area contributed by atoms with E-state index in [0.717, 1.165) is 50.4 Å². The molecule has 14 heavy (non-hydrogen) atoms. The molecular weight excluding hydrogens is 178 g/mol. The second kappa shape index (κ2) is 3.47. The summed E-state index contributed by atoms with van der Waals surface area (Å²) in [6, 6.07) is 0.372. The predicted octanol–water partition coefficient (Wildman–Crippen LogP) is 0.382. The summed E-state index contributed by atoms with van der Waals surface area (Å²) >= 11 is 0. The number of aliphatic hydroxyl groups is 1. The van der Waals surface area contributed by atoms with E-state index in [2.05, 4.69) is 5.32 Å². The highest BCUT2D eigenvalue weighted by molar-refractivity contribution is 5.01. The van der Waals surface area contributed by atoms with Crippen molar-refractivity contribution in [2.24, 2.45) is 17.8 Å². The van der Waals surface area contributed by atoms with Gasteiger partial charge in [0, 0.05) is 6.04 Å². The summed E-state index contributed by atoms with van der Waals surface area (Å²) in [5.74, 6) is 2.51. The van der Waals surface area contributed by atoms with E-state index in [1.807, 2.05) is 0 Å². The Balaban J connectivity index is 1.42. The zero-order chi connectivity index (χ0) is 9.54. The number of fused-ring (bicyclic) bond motifs is 1. The zero-order valence-corrected chi connectivity index (χ0v) is 8.48. The molecule has 0 amide bonds. The fourth-order valence-corrected chi connectivity index (χ4v) is 3.13. The average molecular weight is 197 g/mol. The number of rotatable bonds is 3. The normalized spacial score (nSPS) is 50.8. The van der Waals surface area contributed by atoms with Crippen LogP contribution in [0.3, 0.4) is 0 Å². The molecular formula is C11H19NO2. The molecule has 4 atom stereocenters. The lowest BCUT2D eigenvalue weighted by atomic mass is 10.2. The molecule has 2 unspecified atom stereocenters. The summed E-state index contributed by atoms with van der Waals surface area (Å²) in [6.07, 6.45) is 3.22. The molecule has 0 aromatic rings. The van der Waals surface area contributed by atoms with Crippen molar-refractivity contribution in [3.05, 3.63) is 0 Å². The third-order valence-electron chi connectivity index (χ3n) is 4.22. The van der Waals surface area contributed by atoms with Crippen molar-refractivity contribution in [2.75, 3.05) is 19.8 Å². The average Bonchev–Trinajstić information content (AvgIpc) is 2.57. The minimum Gasteiger partial charge on any atom is -0.392 e. The van der Waals surface area contributed by atoms with Crippen molar-refractivity contribution < 1.29 is 9.84 Å². The highest BCUT2D eigenvalue weighted by atomic mass is 16.5. The van der Waals surface area contributed by atoms with Gasteiger partial charge in [0.05, 0.1) is 19.3 Å². The van der Waals surface area contributed by atoms with Crippen LogP contribution >= 0.6 is 0 Å². The van der Waals surface area contributed by atoms with Crippen molar-refractivity contribution in [2.45, 2.75) is 31.4 Å². The molecule has 0 aromatic carbocycles. The largest absolute Gasteiger partial charge is 0.392 e. The molecule has 80 valence electrons. The topological polar surface area (TPSA) is 41.5 Å². The molecule has 3 rings (SSSR count). The second-order valence-electron chi connectivity index (χ2n) is 5.04. The first kappa shape index (κ1) is 9.13. The lowest BCUT2D eigenvalue weighted by Gasteiger charge is -2.16. The van der Waals surface area contributed by atoms with Gasteiger partial charge in [-0.05, 0) is 43.6 Å². The van der Waals surface area contributed by atoms with E-state index in [0.29, 0.717) is 6.04 Å². The fourth-order valence-electron chi connectivity index (χ4n) is 3.13. The van der Waals surface area contributed by atoms with E-state index in [9.17, 15) is 5.11 Å². The van der Waals surface area contributed by atoms with Crippen LogP contribution in [-0.2, 0) is 4.74 Å². The number of hydrogen-bond acceptors (Lipinski definition) is 3.